The molecule has 1 aliphatic carbocycles. The van der Waals surface area contributed by atoms with Crippen molar-refractivity contribution < 1.29 is 60.5 Å². The van der Waals surface area contributed by atoms with E-state index >= 15 is 0 Å². The van der Waals surface area contributed by atoms with E-state index in [1.165, 1.54) is 7.11 Å². The van der Waals surface area contributed by atoms with Crippen LogP contribution in [0.1, 0.15) is 62.1 Å². The van der Waals surface area contributed by atoms with E-state index in [1.807, 2.05) is 39.0 Å². The number of nitrogens with two attached hydrogens (primary N) is 2. The van der Waals surface area contributed by atoms with Gasteiger partial charge in [-0.25, -0.2) is 29.3 Å². The number of esters is 1. The number of rotatable bonds is 8. The number of aromatic nitrogens is 2. The molecule has 14 nitrogen and oxygen atoms in total. The Morgan fingerprint density at radius 3 is 2.04 bits per heavy atom. The number of aliphatic carboxylic acids is 2. The lowest BCUT2D eigenvalue weighted by Crippen LogP contribution is -2.46. The maximum absolute atomic E-state index is 13.1. The van der Waals surface area contributed by atoms with Gasteiger partial charge in [-0.1, -0.05) is 44.7 Å². The van der Waals surface area contributed by atoms with Crippen molar-refractivity contribution in [1.29, 1.82) is 0 Å². The van der Waals surface area contributed by atoms with Crippen molar-refractivity contribution in [2.45, 2.75) is 83.4 Å². The quantitative estimate of drug-likeness (QED) is 0.101. The molecule has 268 valence electrons. The number of alkyl halides is 6. The summed E-state index contributed by atoms with van der Waals surface area (Å²) in [5.41, 5.74) is 13.0. The number of anilines is 1. The summed E-state index contributed by atoms with van der Waals surface area (Å²) in [6, 6.07) is 4.86. The van der Waals surface area contributed by atoms with Crippen molar-refractivity contribution in [3.05, 3.63) is 29.6 Å². The molecule has 0 radical (unpaired) electrons. The summed E-state index contributed by atoms with van der Waals surface area (Å²) in [5, 5.41) is 21.3. The second-order valence-corrected chi connectivity index (χ2v) is 10.5. The van der Waals surface area contributed by atoms with Crippen LogP contribution in [0.4, 0.5) is 32.2 Å². The fraction of sp³-hybridized carbons (Fsp3) is 0.536. The molecule has 4 atom stereocenters. The first-order valence-corrected chi connectivity index (χ1v) is 14.2. The topological polar surface area (TPSA) is 232 Å². The number of halogens is 6. The Morgan fingerprint density at radius 2 is 1.56 bits per heavy atom. The summed E-state index contributed by atoms with van der Waals surface area (Å²) in [6.07, 6.45) is -5.65. The molecule has 1 amide bonds. The molecule has 1 fully saturated rings. The molecule has 8 N–H and O–H groups in total. The van der Waals surface area contributed by atoms with Crippen molar-refractivity contribution in [1.82, 2.24) is 15.3 Å². The monoisotopic (exact) mass is 697 g/mol. The normalized spacial score (nSPS) is 17.2. The van der Waals surface area contributed by atoms with Crippen molar-refractivity contribution in [3.63, 3.8) is 0 Å². The summed E-state index contributed by atoms with van der Waals surface area (Å²) in [5.74, 6) is -6.09. The zero-order valence-corrected chi connectivity index (χ0v) is 26.3. The van der Waals surface area contributed by atoms with Gasteiger partial charge in [-0.05, 0) is 37.8 Å². The van der Waals surface area contributed by atoms with E-state index < -0.39 is 42.2 Å². The summed E-state index contributed by atoms with van der Waals surface area (Å²) >= 11 is 0. The Kier molecular flexibility index (Phi) is 15.3. The number of amides is 1. The lowest BCUT2D eigenvalue weighted by molar-refractivity contribution is -0.193. The first-order valence-electron chi connectivity index (χ1n) is 14.2. The van der Waals surface area contributed by atoms with Gasteiger partial charge in [-0.2, -0.15) is 26.3 Å². The molecule has 1 saturated carbocycles. The Labute approximate surface area is 270 Å². The van der Waals surface area contributed by atoms with Gasteiger partial charge in [-0.15, -0.1) is 0 Å². The van der Waals surface area contributed by atoms with Crippen LogP contribution < -0.4 is 22.1 Å². The van der Waals surface area contributed by atoms with Crippen molar-refractivity contribution in [3.8, 4) is 0 Å². The van der Waals surface area contributed by atoms with E-state index in [1.54, 1.807) is 0 Å². The number of hydrogen-bond donors (Lipinski definition) is 6. The van der Waals surface area contributed by atoms with Gasteiger partial charge in [0.1, 0.15) is 11.9 Å². The summed E-state index contributed by atoms with van der Waals surface area (Å²) in [7, 11) is 1.30. The molecule has 48 heavy (non-hydrogen) atoms. The number of methoxy groups -OCH3 is 1. The van der Waals surface area contributed by atoms with E-state index in [-0.39, 0.29) is 29.8 Å². The molecule has 0 spiro atoms. The molecule has 3 rings (SSSR count). The first-order chi connectivity index (χ1) is 22.1. The molecule has 0 saturated heterocycles. The van der Waals surface area contributed by atoms with Gasteiger partial charge in [-0.3, -0.25) is 4.79 Å². The SMILES string of the molecule is CC[C@H](C)[C@H](NC(=O)c1nc(NC2CCCCC2N=C(N)N)c2cc(C)ccc2n1)C(=O)OC.O=C(O)C(F)(F)F.O=C(O)C(F)(F)F. The highest BCUT2D eigenvalue weighted by Gasteiger charge is 2.39. The van der Waals surface area contributed by atoms with Crippen LogP contribution in [0.5, 0.6) is 0 Å². The maximum Gasteiger partial charge on any atom is 0.490 e. The number of fused-ring (bicyclic) bond motifs is 1. The largest absolute Gasteiger partial charge is 0.490 e. The number of nitrogens with one attached hydrogen (secondary N) is 2. The van der Waals surface area contributed by atoms with Gasteiger partial charge in [0.2, 0.25) is 5.82 Å². The molecular weight excluding hydrogens is 660 g/mol. The molecule has 2 aromatic rings. The standard InChI is InChI=1S/C24H35N7O3.2C2HF3O2/c1-5-14(3)19(23(33)34-4)30-22(32)21-27-16-11-10-13(2)12-15(16)20(31-21)28-17-8-6-7-9-18(17)29-24(25)26;2*3-2(4,5)1(6)7/h10-12,14,17-19H,5-9H2,1-4H3,(H,30,32)(H4,25,26,29)(H,27,28,31);2*(H,6,7)/t14-,17?,18?,19-;;/m0../s1. The molecule has 1 aliphatic rings. The summed E-state index contributed by atoms with van der Waals surface area (Å²) in [4.78, 5) is 56.6. The number of ether oxygens (including phenoxy) is 1. The molecule has 0 aliphatic heterocycles. The maximum atomic E-state index is 13.1. The molecule has 1 aromatic heterocycles. The van der Waals surface area contributed by atoms with Crippen molar-refractivity contribution in [2.75, 3.05) is 12.4 Å². The first kappa shape index (κ1) is 41.1. The van der Waals surface area contributed by atoms with Gasteiger partial charge in [0.05, 0.1) is 24.7 Å². The Hall–Kier alpha value is -4.91. The molecular formula is C28H37F6N7O7. The van der Waals surface area contributed by atoms with Crippen LogP contribution in [0.3, 0.4) is 0 Å². The molecule has 0 bridgehead atoms. The van der Waals surface area contributed by atoms with Crippen molar-refractivity contribution in [2.24, 2.45) is 22.4 Å². The van der Waals surface area contributed by atoms with Gasteiger partial charge < -0.3 is 37.1 Å². The van der Waals surface area contributed by atoms with E-state index in [2.05, 4.69) is 25.6 Å². The van der Waals surface area contributed by atoms with Crippen molar-refractivity contribution >= 4 is 46.5 Å². The average molecular weight is 698 g/mol. The lowest BCUT2D eigenvalue weighted by atomic mass is 9.90. The van der Waals surface area contributed by atoms with Crippen LogP contribution in [0.15, 0.2) is 23.2 Å². The third-order valence-electron chi connectivity index (χ3n) is 6.86. The Morgan fingerprint density at radius 1 is 1.02 bits per heavy atom. The molecule has 1 heterocycles. The van der Waals surface area contributed by atoms with Gasteiger partial charge in [0, 0.05) is 5.39 Å². The number of aliphatic imine (C=N–C) groups is 1. The number of carboxylic acid groups (broad SMARTS) is 2. The average Bonchev–Trinajstić information content (AvgIpc) is 2.99. The van der Waals surface area contributed by atoms with Crippen LogP contribution in [-0.2, 0) is 19.1 Å². The number of nitrogens with zero attached hydrogens (tertiary/aromatic N) is 3. The summed E-state index contributed by atoms with van der Waals surface area (Å²) < 4.78 is 68.4. The third-order valence-corrected chi connectivity index (χ3v) is 6.86. The van der Waals surface area contributed by atoms with E-state index in [4.69, 9.17) is 36.0 Å². The van der Waals surface area contributed by atoms with Crippen LogP contribution in [-0.4, -0.2) is 87.5 Å². The second kappa shape index (κ2) is 17.9. The minimum Gasteiger partial charge on any atom is -0.475 e. The van der Waals surface area contributed by atoms with Crippen LogP contribution >= 0.6 is 0 Å². The Bertz CT molecular complexity index is 1440. The van der Waals surface area contributed by atoms with E-state index in [9.17, 15) is 35.9 Å². The van der Waals surface area contributed by atoms with E-state index in [0.717, 1.165) is 36.6 Å². The number of carboxylic acids is 2. The van der Waals surface area contributed by atoms with Crippen LogP contribution in [0.25, 0.3) is 10.9 Å². The van der Waals surface area contributed by atoms with Gasteiger partial charge in [0.25, 0.3) is 5.91 Å². The highest BCUT2D eigenvalue weighted by atomic mass is 19.4. The minimum absolute atomic E-state index is 0.0229. The highest BCUT2D eigenvalue weighted by molar-refractivity contribution is 5.98. The predicted octanol–water partition coefficient (Wildman–Crippen LogP) is 3.52. The fourth-order valence-electron chi connectivity index (χ4n) is 4.26. The smallest absolute Gasteiger partial charge is 0.475 e. The van der Waals surface area contributed by atoms with E-state index in [0.29, 0.717) is 17.8 Å². The second-order valence-electron chi connectivity index (χ2n) is 10.5. The zero-order valence-electron chi connectivity index (χ0n) is 26.3. The predicted molar refractivity (Wildman–Crippen MR) is 160 cm³/mol. The number of hydrogen-bond acceptors (Lipinski definition) is 9. The zero-order chi connectivity index (χ0) is 37.0. The molecule has 20 heteroatoms. The molecule has 1 aromatic carbocycles. The van der Waals surface area contributed by atoms with Gasteiger partial charge >= 0.3 is 30.3 Å². The summed E-state index contributed by atoms with van der Waals surface area (Å²) in [6.45, 7) is 5.81. The number of aryl methyl sites for hydroxylation is 1. The lowest BCUT2D eigenvalue weighted by Gasteiger charge is -2.30. The van der Waals surface area contributed by atoms with Crippen LogP contribution in [0, 0.1) is 12.8 Å². The number of carbonyl (C=O) groups is 4. The molecule has 2 unspecified atom stereocenters. The fourth-order valence-corrected chi connectivity index (χ4v) is 4.26. The minimum atomic E-state index is -5.08. The van der Waals surface area contributed by atoms with Crippen LogP contribution in [0.2, 0.25) is 0 Å². The van der Waals surface area contributed by atoms with Gasteiger partial charge in [0.15, 0.2) is 5.96 Å². The Balaban J connectivity index is 0.000000687. The number of carbonyl (C=O) groups excluding carboxylic acids is 2. The number of benzene rings is 1. The highest BCUT2D eigenvalue weighted by Crippen LogP contribution is 2.28. The number of guanidine groups is 1. The third kappa shape index (κ3) is 13.1.